The molecule has 24 heavy (non-hydrogen) atoms. The zero-order valence-corrected chi connectivity index (χ0v) is 15.6. The lowest BCUT2D eigenvalue weighted by Gasteiger charge is -2.18. The van der Waals surface area contributed by atoms with Gasteiger partial charge in [-0.15, -0.1) is 0 Å². The highest BCUT2D eigenvalue weighted by molar-refractivity contribution is 9.10. The minimum absolute atomic E-state index is 0.173. The molecule has 2 amide bonds. The van der Waals surface area contributed by atoms with E-state index in [1.807, 2.05) is 39.0 Å². The number of benzene rings is 1. The summed E-state index contributed by atoms with van der Waals surface area (Å²) in [4.78, 5) is 30.5. The van der Waals surface area contributed by atoms with E-state index in [0.29, 0.717) is 24.3 Å². The number of nitrogens with zero attached hydrogens (tertiary/aromatic N) is 2. The zero-order chi connectivity index (χ0) is 17.7. The van der Waals surface area contributed by atoms with Crippen molar-refractivity contribution in [3.05, 3.63) is 57.8 Å². The molecule has 0 aliphatic heterocycles. The standard InChI is InChI=1S/C18H20BrN3O2/c1-4-22(5-2)18(24)16-10-13(8-9-20-16)17(23)21-14-7-6-12(3)15(19)11-14/h6-11H,4-5H2,1-3H3,(H,21,23). The molecule has 1 aromatic heterocycles. The van der Waals surface area contributed by atoms with Crippen LogP contribution in [0.3, 0.4) is 0 Å². The summed E-state index contributed by atoms with van der Waals surface area (Å²) in [5.41, 5.74) is 2.45. The van der Waals surface area contributed by atoms with Gasteiger partial charge in [0.15, 0.2) is 0 Å². The predicted octanol–water partition coefficient (Wildman–Crippen LogP) is 3.89. The third kappa shape index (κ3) is 4.20. The van der Waals surface area contributed by atoms with Crippen LogP contribution in [0.15, 0.2) is 41.0 Å². The molecule has 2 rings (SSSR count). The Morgan fingerprint density at radius 3 is 2.50 bits per heavy atom. The lowest BCUT2D eigenvalue weighted by atomic mass is 10.2. The topological polar surface area (TPSA) is 62.3 Å². The first-order valence-electron chi connectivity index (χ1n) is 7.79. The maximum Gasteiger partial charge on any atom is 0.272 e. The van der Waals surface area contributed by atoms with Gasteiger partial charge in [0.2, 0.25) is 0 Å². The van der Waals surface area contributed by atoms with Crippen molar-refractivity contribution >= 4 is 33.4 Å². The molecule has 0 aliphatic carbocycles. The molecule has 1 heterocycles. The van der Waals surface area contributed by atoms with Crippen molar-refractivity contribution < 1.29 is 9.59 Å². The Hall–Kier alpha value is -2.21. The molecular weight excluding hydrogens is 370 g/mol. The first-order valence-corrected chi connectivity index (χ1v) is 8.58. The fourth-order valence-corrected chi connectivity index (χ4v) is 2.61. The molecule has 6 heteroatoms. The van der Waals surface area contributed by atoms with Crippen molar-refractivity contribution in [3.8, 4) is 0 Å². The van der Waals surface area contributed by atoms with Crippen LogP contribution in [0.5, 0.6) is 0 Å². The van der Waals surface area contributed by atoms with Crippen molar-refractivity contribution in [1.29, 1.82) is 0 Å². The maximum absolute atomic E-state index is 12.4. The highest BCUT2D eigenvalue weighted by Gasteiger charge is 2.16. The van der Waals surface area contributed by atoms with E-state index >= 15 is 0 Å². The van der Waals surface area contributed by atoms with Gasteiger partial charge in [-0.05, 0) is 50.6 Å². The Morgan fingerprint density at radius 2 is 1.88 bits per heavy atom. The largest absolute Gasteiger partial charge is 0.338 e. The molecule has 0 unspecified atom stereocenters. The van der Waals surface area contributed by atoms with Crippen LogP contribution in [0.4, 0.5) is 5.69 Å². The number of carbonyl (C=O) groups excluding carboxylic acids is 2. The van der Waals surface area contributed by atoms with Crippen LogP contribution in [0.1, 0.15) is 40.3 Å². The molecule has 5 nitrogen and oxygen atoms in total. The average Bonchev–Trinajstić information content (AvgIpc) is 2.59. The maximum atomic E-state index is 12.4. The molecular formula is C18H20BrN3O2. The number of halogens is 1. The Kier molecular flexibility index (Phi) is 6.09. The van der Waals surface area contributed by atoms with Crippen molar-refractivity contribution in [3.63, 3.8) is 0 Å². The van der Waals surface area contributed by atoms with Crippen LogP contribution in [0, 0.1) is 6.92 Å². The summed E-state index contributed by atoms with van der Waals surface area (Å²) in [7, 11) is 0. The molecule has 1 aromatic carbocycles. The van der Waals surface area contributed by atoms with Crippen LogP contribution in [-0.2, 0) is 0 Å². The highest BCUT2D eigenvalue weighted by Crippen LogP contribution is 2.21. The van der Waals surface area contributed by atoms with Gasteiger partial charge in [-0.3, -0.25) is 14.6 Å². The molecule has 0 atom stereocenters. The van der Waals surface area contributed by atoms with Gasteiger partial charge in [0, 0.05) is 35.0 Å². The highest BCUT2D eigenvalue weighted by atomic mass is 79.9. The van der Waals surface area contributed by atoms with E-state index in [1.54, 1.807) is 11.0 Å². The number of carbonyl (C=O) groups is 2. The van der Waals surface area contributed by atoms with E-state index in [0.717, 1.165) is 10.0 Å². The summed E-state index contributed by atoms with van der Waals surface area (Å²) in [6.07, 6.45) is 1.48. The normalized spacial score (nSPS) is 10.3. The molecule has 0 saturated heterocycles. The molecule has 0 spiro atoms. The van der Waals surface area contributed by atoms with Gasteiger partial charge in [-0.1, -0.05) is 22.0 Å². The van der Waals surface area contributed by atoms with Crippen LogP contribution >= 0.6 is 15.9 Å². The summed E-state index contributed by atoms with van der Waals surface area (Å²) in [6.45, 7) is 7.00. The quantitative estimate of drug-likeness (QED) is 0.843. The van der Waals surface area contributed by atoms with Gasteiger partial charge in [0.25, 0.3) is 11.8 Å². The summed E-state index contributed by atoms with van der Waals surface area (Å²) in [6, 6.07) is 8.72. The van der Waals surface area contributed by atoms with Crippen LogP contribution in [0.25, 0.3) is 0 Å². The SMILES string of the molecule is CCN(CC)C(=O)c1cc(C(=O)Nc2ccc(C)c(Br)c2)ccn1. The van der Waals surface area contributed by atoms with Crippen LogP contribution in [0.2, 0.25) is 0 Å². The molecule has 0 aliphatic rings. The zero-order valence-electron chi connectivity index (χ0n) is 14.0. The van der Waals surface area contributed by atoms with E-state index in [-0.39, 0.29) is 17.5 Å². The monoisotopic (exact) mass is 389 g/mol. The number of anilines is 1. The molecule has 1 N–H and O–H groups in total. The van der Waals surface area contributed by atoms with Crippen molar-refractivity contribution in [2.45, 2.75) is 20.8 Å². The molecule has 0 fully saturated rings. The number of amides is 2. The lowest BCUT2D eigenvalue weighted by Crippen LogP contribution is -2.31. The number of aromatic nitrogens is 1. The van der Waals surface area contributed by atoms with E-state index in [4.69, 9.17) is 0 Å². The Bertz CT molecular complexity index is 758. The smallest absolute Gasteiger partial charge is 0.272 e. The summed E-state index contributed by atoms with van der Waals surface area (Å²) >= 11 is 3.44. The van der Waals surface area contributed by atoms with E-state index in [9.17, 15) is 9.59 Å². The molecule has 2 aromatic rings. The van der Waals surface area contributed by atoms with Crippen molar-refractivity contribution in [2.24, 2.45) is 0 Å². The van der Waals surface area contributed by atoms with Gasteiger partial charge >= 0.3 is 0 Å². The van der Waals surface area contributed by atoms with Gasteiger partial charge in [-0.2, -0.15) is 0 Å². The summed E-state index contributed by atoms with van der Waals surface area (Å²) in [5, 5.41) is 2.83. The van der Waals surface area contributed by atoms with E-state index in [1.165, 1.54) is 12.3 Å². The molecule has 126 valence electrons. The Balaban J connectivity index is 2.19. The van der Waals surface area contributed by atoms with Crippen molar-refractivity contribution in [2.75, 3.05) is 18.4 Å². The summed E-state index contributed by atoms with van der Waals surface area (Å²) < 4.78 is 0.924. The number of hydrogen-bond acceptors (Lipinski definition) is 3. The van der Waals surface area contributed by atoms with E-state index in [2.05, 4.69) is 26.2 Å². The second-order valence-corrected chi connectivity index (χ2v) is 6.18. The van der Waals surface area contributed by atoms with Gasteiger partial charge in [0.1, 0.15) is 5.69 Å². The van der Waals surface area contributed by atoms with Crippen molar-refractivity contribution in [1.82, 2.24) is 9.88 Å². The Labute approximate surface area is 150 Å². The third-order valence-electron chi connectivity index (χ3n) is 3.72. The summed E-state index contributed by atoms with van der Waals surface area (Å²) in [5.74, 6) is -0.450. The lowest BCUT2D eigenvalue weighted by molar-refractivity contribution is 0.0767. The van der Waals surface area contributed by atoms with Gasteiger partial charge < -0.3 is 10.2 Å². The predicted molar refractivity (Wildman–Crippen MR) is 98.3 cm³/mol. The molecule has 0 radical (unpaired) electrons. The average molecular weight is 390 g/mol. The second kappa shape index (κ2) is 8.06. The van der Waals surface area contributed by atoms with Crippen LogP contribution in [-0.4, -0.2) is 34.8 Å². The van der Waals surface area contributed by atoms with Gasteiger partial charge in [-0.25, -0.2) is 0 Å². The minimum atomic E-state index is -0.276. The number of nitrogens with one attached hydrogen (secondary N) is 1. The Morgan fingerprint density at radius 1 is 1.17 bits per heavy atom. The fraction of sp³-hybridized carbons (Fsp3) is 0.278. The fourth-order valence-electron chi connectivity index (χ4n) is 2.24. The number of hydrogen-bond donors (Lipinski definition) is 1. The van der Waals surface area contributed by atoms with Crippen LogP contribution < -0.4 is 5.32 Å². The number of pyridine rings is 1. The number of aryl methyl sites for hydroxylation is 1. The van der Waals surface area contributed by atoms with E-state index < -0.39 is 0 Å². The third-order valence-corrected chi connectivity index (χ3v) is 4.58. The van der Waals surface area contributed by atoms with Gasteiger partial charge in [0.05, 0.1) is 0 Å². The minimum Gasteiger partial charge on any atom is -0.338 e. The first-order chi connectivity index (χ1) is 11.5. The first kappa shape index (κ1) is 18.1. The molecule has 0 bridgehead atoms. The molecule has 0 saturated carbocycles. The number of rotatable bonds is 5. The second-order valence-electron chi connectivity index (χ2n) is 5.33.